The van der Waals surface area contributed by atoms with Gasteiger partial charge < -0.3 is 10.6 Å². The zero-order valence-corrected chi connectivity index (χ0v) is 14.7. The van der Waals surface area contributed by atoms with E-state index < -0.39 is 0 Å². The fraction of sp³-hybridized carbons (Fsp3) is 1.00. The average Bonchev–Trinajstić information content (AvgIpc) is 2.63. The Kier molecular flexibility index (Phi) is 3.95. The van der Waals surface area contributed by atoms with Crippen LogP contribution >= 0.6 is 0 Å². The molecule has 0 radical (unpaired) electrons. The van der Waals surface area contributed by atoms with E-state index in [1.165, 1.54) is 90.4 Å². The highest BCUT2D eigenvalue weighted by Crippen LogP contribution is 2.55. The van der Waals surface area contributed by atoms with Crippen LogP contribution in [0, 0.1) is 17.3 Å². The van der Waals surface area contributed by atoms with Crippen molar-refractivity contribution in [2.75, 3.05) is 26.2 Å². The van der Waals surface area contributed by atoms with Crippen molar-refractivity contribution in [2.45, 2.75) is 82.3 Å². The lowest BCUT2D eigenvalue weighted by Crippen LogP contribution is -2.72. The van der Waals surface area contributed by atoms with Crippen LogP contribution in [0.15, 0.2) is 0 Å². The van der Waals surface area contributed by atoms with E-state index in [2.05, 4.69) is 15.5 Å². The number of nitrogens with zero attached hydrogens (tertiary/aromatic N) is 1. The van der Waals surface area contributed by atoms with Crippen molar-refractivity contribution in [1.82, 2.24) is 15.5 Å². The Hall–Kier alpha value is -0.120. The monoisotopic (exact) mass is 317 g/mol. The average molecular weight is 318 g/mol. The molecular formula is C20H35N3. The minimum absolute atomic E-state index is 0.530. The molecule has 0 spiro atoms. The summed E-state index contributed by atoms with van der Waals surface area (Å²) in [6.45, 7) is 5.30. The third-order valence-corrected chi connectivity index (χ3v) is 8.16. The van der Waals surface area contributed by atoms with E-state index in [0.717, 1.165) is 30.0 Å². The minimum atomic E-state index is 0.530. The van der Waals surface area contributed by atoms with Crippen LogP contribution in [0.5, 0.6) is 0 Å². The van der Waals surface area contributed by atoms with Crippen LogP contribution in [0.2, 0.25) is 0 Å². The summed E-state index contributed by atoms with van der Waals surface area (Å²) in [4.78, 5) is 2.94. The number of piperidine rings is 4. The summed E-state index contributed by atoms with van der Waals surface area (Å²) >= 11 is 0. The fourth-order valence-electron chi connectivity index (χ4n) is 7.36. The first kappa shape index (κ1) is 15.2. The van der Waals surface area contributed by atoms with Gasteiger partial charge in [0, 0.05) is 30.1 Å². The maximum Gasteiger partial charge on any atom is 0.0179 e. The summed E-state index contributed by atoms with van der Waals surface area (Å²) in [5, 5.41) is 8.04. The Morgan fingerprint density at radius 3 is 2.65 bits per heavy atom. The first-order valence-electron chi connectivity index (χ1n) is 10.6. The molecule has 0 aromatic rings. The lowest BCUT2D eigenvalue weighted by molar-refractivity contribution is -0.117. The summed E-state index contributed by atoms with van der Waals surface area (Å²) in [6, 6.07) is 2.51. The van der Waals surface area contributed by atoms with Gasteiger partial charge in [-0.2, -0.15) is 0 Å². The second-order valence-corrected chi connectivity index (χ2v) is 9.30. The number of nitrogens with one attached hydrogen (secondary N) is 2. The standard InChI is InChI=1S/C20H35N3/c1-3-9-21-18(8-1)20-13-16(12-15-6-5-10-22-19(15)20)17-7-2-4-11-23(17)14-20/h15-19,21-22H,1-14H2/t15-,16-,17+,18+,19+,20-/m1/s1. The molecule has 4 aliphatic heterocycles. The molecule has 5 rings (SSSR count). The Bertz CT molecular complexity index is 431. The van der Waals surface area contributed by atoms with Crippen molar-refractivity contribution in [1.29, 1.82) is 0 Å². The lowest BCUT2D eigenvalue weighted by atomic mass is 9.52. The zero-order valence-electron chi connectivity index (χ0n) is 14.7. The molecule has 5 aliphatic rings. The molecular weight excluding hydrogens is 282 g/mol. The minimum Gasteiger partial charge on any atom is -0.313 e. The number of fused-ring (bicyclic) bond motifs is 6. The Morgan fingerprint density at radius 2 is 1.74 bits per heavy atom. The zero-order chi connectivity index (χ0) is 15.3. The summed E-state index contributed by atoms with van der Waals surface area (Å²) < 4.78 is 0. The molecule has 4 saturated heterocycles. The molecule has 0 aromatic heterocycles. The van der Waals surface area contributed by atoms with Crippen molar-refractivity contribution in [2.24, 2.45) is 17.3 Å². The third kappa shape index (κ3) is 2.41. The molecule has 0 amide bonds. The summed E-state index contributed by atoms with van der Waals surface area (Å²) in [7, 11) is 0. The van der Waals surface area contributed by atoms with Crippen molar-refractivity contribution >= 4 is 0 Å². The molecule has 2 N–H and O–H groups in total. The molecule has 6 atom stereocenters. The first-order chi connectivity index (χ1) is 11.4. The van der Waals surface area contributed by atoms with Crippen LogP contribution in [-0.2, 0) is 0 Å². The lowest BCUT2D eigenvalue weighted by Gasteiger charge is -2.64. The van der Waals surface area contributed by atoms with Crippen LogP contribution < -0.4 is 10.6 Å². The molecule has 2 bridgehead atoms. The SMILES string of the molecule is C1CC[C@@H]([C@]23C[C@@H](C[C@H]4CCCN[C@@H]42)[C@@H]2CCCCN2C3)NC1. The van der Waals surface area contributed by atoms with E-state index in [4.69, 9.17) is 0 Å². The molecule has 23 heavy (non-hydrogen) atoms. The van der Waals surface area contributed by atoms with Crippen molar-refractivity contribution in [3.05, 3.63) is 0 Å². The Labute approximate surface area is 142 Å². The van der Waals surface area contributed by atoms with Gasteiger partial charge in [-0.15, -0.1) is 0 Å². The molecule has 5 fully saturated rings. The highest BCUT2D eigenvalue weighted by atomic mass is 15.2. The molecule has 0 aromatic carbocycles. The predicted molar refractivity (Wildman–Crippen MR) is 94.5 cm³/mol. The predicted octanol–water partition coefficient (Wildman–Crippen LogP) is 2.76. The molecule has 3 nitrogen and oxygen atoms in total. The van der Waals surface area contributed by atoms with E-state index >= 15 is 0 Å². The van der Waals surface area contributed by atoms with E-state index in [0.29, 0.717) is 5.41 Å². The van der Waals surface area contributed by atoms with E-state index in [-0.39, 0.29) is 0 Å². The molecule has 130 valence electrons. The molecule has 1 aliphatic carbocycles. The van der Waals surface area contributed by atoms with Gasteiger partial charge in [0.2, 0.25) is 0 Å². The Balaban J connectivity index is 1.50. The number of hydrogen-bond acceptors (Lipinski definition) is 3. The van der Waals surface area contributed by atoms with Gasteiger partial charge in [-0.25, -0.2) is 0 Å². The van der Waals surface area contributed by atoms with E-state index in [9.17, 15) is 0 Å². The molecule has 4 heterocycles. The van der Waals surface area contributed by atoms with Gasteiger partial charge in [-0.3, -0.25) is 4.90 Å². The number of hydrogen-bond donors (Lipinski definition) is 2. The van der Waals surface area contributed by atoms with E-state index in [1.807, 2.05) is 0 Å². The topological polar surface area (TPSA) is 27.3 Å². The molecule has 3 heteroatoms. The first-order valence-corrected chi connectivity index (χ1v) is 10.6. The normalized spacial score (nSPS) is 50.9. The van der Waals surface area contributed by atoms with Gasteiger partial charge in [-0.1, -0.05) is 12.8 Å². The van der Waals surface area contributed by atoms with Crippen LogP contribution in [0.25, 0.3) is 0 Å². The largest absolute Gasteiger partial charge is 0.313 e. The smallest absolute Gasteiger partial charge is 0.0179 e. The third-order valence-electron chi connectivity index (χ3n) is 8.16. The van der Waals surface area contributed by atoms with Gasteiger partial charge in [0.15, 0.2) is 0 Å². The maximum absolute atomic E-state index is 4.04. The maximum atomic E-state index is 4.04. The summed E-state index contributed by atoms with van der Waals surface area (Å²) in [6.07, 6.45) is 14.6. The van der Waals surface area contributed by atoms with Crippen LogP contribution in [0.1, 0.15) is 64.2 Å². The fourth-order valence-corrected chi connectivity index (χ4v) is 7.36. The Morgan fingerprint density at radius 1 is 0.826 bits per heavy atom. The van der Waals surface area contributed by atoms with Gasteiger partial charge in [-0.05, 0) is 82.8 Å². The summed E-state index contributed by atoms with van der Waals surface area (Å²) in [5.74, 6) is 1.96. The quantitative estimate of drug-likeness (QED) is 0.779. The van der Waals surface area contributed by atoms with Crippen LogP contribution in [0.3, 0.4) is 0 Å². The van der Waals surface area contributed by atoms with Gasteiger partial charge >= 0.3 is 0 Å². The van der Waals surface area contributed by atoms with Crippen LogP contribution in [0.4, 0.5) is 0 Å². The van der Waals surface area contributed by atoms with E-state index in [1.54, 1.807) is 0 Å². The highest BCUT2D eigenvalue weighted by Gasteiger charge is 2.58. The van der Waals surface area contributed by atoms with Gasteiger partial charge in [0.05, 0.1) is 0 Å². The second-order valence-electron chi connectivity index (χ2n) is 9.30. The van der Waals surface area contributed by atoms with Crippen molar-refractivity contribution in [3.8, 4) is 0 Å². The molecule has 0 unspecified atom stereocenters. The highest BCUT2D eigenvalue weighted by molar-refractivity contribution is 5.14. The van der Waals surface area contributed by atoms with Crippen molar-refractivity contribution < 1.29 is 0 Å². The van der Waals surface area contributed by atoms with Crippen molar-refractivity contribution in [3.63, 3.8) is 0 Å². The number of rotatable bonds is 1. The van der Waals surface area contributed by atoms with Crippen LogP contribution in [-0.4, -0.2) is 49.2 Å². The van der Waals surface area contributed by atoms with Gasteiger partial charge in [0.1, 0.15) is 0 Å². The second kappa shape index (κ2) is 6.00. The van der Waals surface area contributed by atoms with Gasteiger partial charge in [0.25, 0.3) is 0 Å². The molecule has 1 saturated carbocycles. The summed E-state index contributed by atoms with van der Waals surface area (Å²) in [5.41, 5.74) is 0.530.